The molecule has 3 aromatic rings. The highest BCUT2D eigenvalue weighted by Crippen LogP contribution is 2.33. The monoisotopic (exact) mass is 376 g/mol. The summed E-state index contributed by atoms with van der Waals surface area (Å²) in [6, 6.07) is 12.3. The summed E-state index contributed by atoms with van der Waals surface area (Å²) in [4.78, 5) is 23.4. The molecule has 0 spiro atoms. The Kier molecular flexibility index (Phi) is 5.48. The largest absolute Gasteiger partial charge is 0.372 e. The average Bonchev–Trinajstić information content (AvgIpc) is 3.19. The summed E-state index contributed by atoms with van der Waals surface area (Å²) < 4.78 is 7.49. The zero-order valence-corrected chi connectivity index (χ0v) is 16.0. The average molecular weight is 376 g/mol. The van der Waals surface area contributed by atoms with Crippen LogP contribution in [0.15, 0.2) is 61.2 Å². The lowest BCUT2D eigenvalue weighted by atomic mass is 9.89. The van der Waals surface area contributed by atoms with Gasteiger partial charge < -0.3 is 14.2 Å². The molecule has 0 fully saturated rings. The van der Waals surface area contributed by atoms with Crippen molar-refractivity contribution >= 4 is 5.91 Å². The lowest BCUT2D eigenvalue weighted by Crippen LogP contribution is -2.41. The van der Waals surface area contributed by atoms with Crippen molar-refractivity contribution in [2.45, 2.75) is 25.9 Å². The van der Waals surface area contributed by atoms with Crippen LogP contribution in [0.5, 0.6) is 0 Å². The van der Waals surface area contributed by atoms with E-state index in [2.05, 4.69) is 38.8 Å². The topological polar surface area (TPSA) is 60.2 Å². The lowest BCUT2D eigenvalue weighted by molar-refractivity contribution is -0.137. The molecule has 3 heterocycles. The van der Waals surface area contributed by atoms with E-state index in [-0.39, 0.29) is 18.4 Å². The molecule has 1 amide bonds. The van der Waals surface area contributed by atoms with Crippen molar-refractivity contribution in [1.82, 2.24) is 19.4 Å². The summed E-state index contributed by atoms with van der Waals surface area (Å²) in [5.74, 6) is 1.01. The SMILES string of the molecule is CCOCC(=O)N1Cc2ccccc2[C@@H](c2nccn2Cc2cccnc2)C1. The third-order valence-corrected chi connectivity index (χ3v) is 5.11. The molecular weight excluding hydrogens is 352 g/mol. The first-order valence-electron chi connectivity index (χ1n) is 9.59. The molecule has 0 unspecified atom stereocenters. The summed E-state index contributed by atoms with van der Waals surface area (Å²) >= 11 is 0. The van der Waals surface area contributed by atoms with Crippen molar-refractivity contribution in [3.8, 4) is 0 Å². The molecule has 1 aliphatic heterocycles. The standard InChI is InChI=1S/C22H24N4O2/c1-2-28-16-21(27)26-14-18-7-3-4-8-19(18)20(15-26)22-24-10-11-25(22)13-17-6-5-9-23-12-17/h3-12,20H,2,13-16H2,1H3/t20-/m0/s1. The number of fused-ring (bicyclic) bond motifs is 1. The Morgan fingerprint density at radius 1 is 1.21 bits per heavy atom. The summed E-state index contributed by atoms with van der Waals surface area (Å²) in [6.07, 6.45) is 7.47. The lowest BCUT2D eigenvalue weighted by Gasteiger charge is -2.34. The maximum atomic E-state index is 12.6. The summed E-state index contributed by atoms with van der Waals surface area (Å²) in [7, 11) is 0. The molecule has 0 bridgehead atoms. The fourth-order valence-electron chi connectivity index (χ4n) is 3.75. The number of benzene rings is 1. The minimum atomic E-state index is 0.0201. The number of hydrogen-bond acceptors (Lipinski definition) is 4. The van der Waals surface area contributed by atoms with Crippen molar-refractivity contribution in [3.63, 3.8) is 0 Å². The number of hydrogen-bond donors (Lipinski definition) is 0. The Labute approximate surface area is 164 Å². The molecular formula is C22H24N4O2. The minimum absolute atomic E-state index is 0.0201. The molecule has 2 aromatic heterocycles. The second kappa shape index (κ2) is 8.35. The molecule has 6 nitrogen and oxygen atoms in total. The molecule has 144 valence electrons. The maximum Gasteiger partial charge on any atom is 0.248 e. The van der Waals surface area contributed by atoms with E-state index in [9.17, 15) is 4.79 Å². The summed E-state index contributed by atoms with van der Waals surface area (Å²) in [6.45, 7) is 4.48. The van der Waals surface area contributed by atoms with Crippen molar-refractivity contribution in [2.75, 3.05) is 19.8 Å². The van der Waals surface area contributed by atoms with Crippen LogP contribution >= 0.6 is 0 Å². The van der Waals surface area contributed by atoms with E-state index < -0.39 is 0 Å². The van der Waals surface area contributed by atoms with E-state index in [1.165, 1.54) is 11.1 Å². The van der Waals surface area contributed by atoms with Crippen molar-refractivity contribution in [2.24, 2.45) is 0 Å². The van der Waals surface area contributed by atoms with Gasteiger partial charge in [0.25, 0.3) is 0 Å². The fourth-order valence-corrected chi connectivity index (χ4v) is 3.75. The van der Waals surface area contributed by atoms with Crippen LogP contribution in [0.2, 0.25) is 0 Å². The molecule has 0 saturated heterocycles. The second-order valence-corrected chi connectivity index (χ2v) is 6.94. The Bertz CT molecular complexity index is 938. The Hall–Kier alpha value is -2.99. The highest BCUT2D eigenvalue weighted by atomic mass is 16.5. The van der Waals surface area contributed by atoms with Gasteiger partial charge in [0.2, 0.25) is 5.91 Å². The molecule has 0 aliphatic carbocycles. The minimum Gasteiger partial charge on any atom is -0.372 e. The van der Waals surface area contributed by atoms with Gasteiger partial charge in [0, 0.05) is 44.5 Å². The molecule has 1 atom stereocenters. The van der Waals surface area contributed by atoms with Crippen molar-refractivity contribution in [1.29, 1.82) is 0 Å². The molecule has 4 rings (SSSR count). The van der Waals surface area contributed by atoms with E-state index in [1.807, 2.05) is 42.5 Å². The van der Waals surface area contributed by atoms with Crippen LogP contribution in [0.25, 0.3) is 0 Å². The first kappa shape index (κ1) is 18.4. The fraction of sp³-hybridized carbons (Fsp3) is 0.318. The number of ether oxygens (including phenoxy) is 1. The second-order valence-electron chi connectivity index (χ2n) is 6.94. The van der Waals surface area contributed by atoms with E-state index in [0.29, 0.717) is 26.2 Å². The number of pyridine rings is 1. The molecule has 28 heavy (non-hydrogen) atoms. The van der Waals surface area contributed by atoms with Gasteiger partial charge in [-0.25, -0.2) is 4.98 Å². The smallest absolute Gasteiger partial charge is 0.248 e. The highest BCUT2D eigenvalue weighted by Gasteiger charge is 2.31. The van der Waals surface area contributed by atoms with Gasteiger partial charge in [-0.1, -0.05) is 30.3 Å². The zero-order chi connectivity index (χ0) is 19.3. The van der Waals surface area contributed by atoms with Gasteiger partial charge in [0.1, 0.15) is 12.4 Å². The van der Waals surface area contributed by atoms with E-state index in [0.717, 1.165) is 11.4 Å². The molecule has 1 aliphatic rings. The predicted molar refractivity (Wildman–Crippen MR) is 106 cm³/mol. The van der Waals surface area contributed by atoms with Gasteiger partial charge in [-0.15, -0.1) is 0 Å². The normalized spacial score (nSPS) is 16.0. The molecule has 0 radical (unpaired) electrons. The van der Waals surface area contributed by atoms with Crippen LogP contribution < -0.4 is 0 Å². The third kappa shape index (κ3) is 3.82. The number of carbonyl (C=O) groups is 1. The number of rotatable bonds is 6. The van der Waals surface area contributed by atoms with Gasteiger partial charge in [0.05, 0.1) is 12.5 Å². The van der Waals surface area contributed by atoms with Gasteiger partial charge in [-0.2, -0.15) is 0 Å². The molecule has 6 heteroatoms. The summed E-state index contributed by atoms with van der Waals surface area (Å²) in [5, 5.41) is 0. The van der Waals surface area contributed by atoms with Crippen molar-refractivity contribution in [3.05, 3.63) is 83.7 Å². The number of aromatic nitrogens is 3. The van der Waals surface area contributed by atoms with Crippen LogP contribution in [0.3, 0.4) is 0 Å². The Morgan fingerprint density at radius 3 is 2.93 bits per heavy atom. The van der Waals surface area contributed by atoms with Crippen LogP contribution in [-0.2, 0) is 22.6 Å². The van der Waals surface area contributed by atoms with Gasteiger partial charge in [-0.3, -0.25) is 9.78 Å². The number of amides is 1. The Morgan fingerprint density at radius 2 is 2.11 bits per heavy atom. The van der Waals surface area contributed by atoms with Crippen LogP contribution in [0.1, 0.15) is 35.4 Å². The third-order valence-electron chi connectivity index (χ3n) is 5.11. The number of carbonyl (C=O) groups excluding carboxylic acids is 1. The molecule has 0 saturated carbocycles. The first-order valence-corrected chi connectivity index (χ1v) is 9.59. The van der Waals surface area contributed by atoms with Crippen LogP contribution in [0.4, 0.5) is 0 Å². The molecule has 0 N–H and O–H groups in total. The molecule has 1 aromatic carbocycles. The zero-order valence-electron chi connectivity index (χ0n) is 16.0. The number of imidazole rings is 1. The van der Waals surface area contributed by atoms with Gasteiger partial charge in [-0.05, 0) is 29.7 Å². The van der Waals surface area contributed by atoms with Crippen LogP contribution in [-0.4, -0.2) is 45.1 Å². The highest BCUT2D eigenvalue weighted by molar-refractivity contribution is 5.78. The first-order chi connectivity index (χ1) is 13.8. The Balaban J connectivity index is 1.65. The van der Waals surface area contributed by atoms with E-state index in [1.54, 1.807) is 6.20 Å². The van der Waals surface area contributed by atoms with Gasteiger partial charge >= 0.3 is 0 Å². The van der Waals surface area contributed by atoms with E-state index >= 15 is 0 Å². The quantitative estimate of drug-likeness (QED) is 0.664. The maximum absolute atomic E-state index is 12.6. The van der Waals surface area contributed by atoms with E-state index in [4.69, 9.17) is 4.74 Å². The number of nitrogens with zero attached hydrogens (tertiary/aromatic N) is 4. The van der Waals surface area contributed by atoms with Crippen molar-refractivity contribution < 1.29 is 9.53 Å². The predicted octanol–water partition coefficient (Wildman–Crippen LogP) is 2.84. The summed E-state index contributed by atoms with van der Waals surface area (Å²) in [5.41, 5.74) is 3.52. The van der Waals surface area contributed by atoms with Crippen LogP contribution in [0, 0.1) is 0 Å². The van der Waals surface area contributed by atoms with Gasteiger partial charge in [0.15, 0.2) is 0 Å².